The molecular formula is C24H24N4OS2. The molecule has 0 unspecified atom stereocenters. The van der Waals surface area contributed by atoms with Crippen molar-refractivity contribution in [3.8, 4) is 0 Å². The molecule has 158 valence electrons. The first-order chi connectivity index (χ1) is 14.9. The van der Waals surface area contributed by atoms with E-state index in [0.717, 1.165) is 39.7 Å². The Labute approximate surface area is 190 Å². The van der Waals surface area contributed by atoms with Crippen LogP contribution in [0.15, 0.2) is 64.3 Å². The molecule has 0 saturated heterocycles. The van der Waals surface area contributed by atoms with E-state index in [4.69, 9.17) is 10.7 Å². The van der Waals surface area contributed by atoms with Gasteiger partial charge in [0.25, 0.3) is 0 Å². The van der Waals surface area contributed by atoms with Gasteiger partial charge in [0.05, 0.1) is 5.92 Å². The summed E-state index contributed by atoms with van der Waals surface area (Å²) in [5.74, 6) is 1.92. The van der Waals surface area contributed by atoms with Crippen molar-refractivity contribution in [2.24, 2.45) is 5.41 Å². The number of nitrogen functional groups attached to an aromatic ring is 1. The first-order valence-electron chi connectivity index (χ1n) is 10.3. The van der Waals surface area contributed by atoms with Gasteiger partial charge in [0.2, 0.25) is 0 Å². The molecule has 0 saturated carbocycles. The molecule has 0 fully saturated rings. The maximum atomic E-state index is 13.2. The molecule has 3 heterocycles. The summed E-state index contributed by atoms with van der Waals surface area (Å²) in [4.78, 5) is 23.8. The number of nitrogens with two attached hydrogens (primary N) is 1. The summed E-state index contributed by atoms with van der Waals surface area (Å²) in [7, 11) is 0. The standard InChI is InChI=1S/C24H24N4OS2/c1-24(2)11-15-18(16(29)12-24)19(17-9-6-10-30-17)20-21(25)27-23(28-22(20)26-15)31-13-14-7-4-3-5-8-14/h3-10,19H,11-13H2,1-2H3,(H3,25,26,27,28)/t19-/m0/s1. The number of fused-ring (bicyclic) bond motifs is 1. The Balaban J connectivity index is 1.56. The second-order valence-corrected chi connectivity index (χ2v) is 10.8. The van der Waals surface area contributed by atoms with Crippen molar-refractivity contribution in [1.82, 2.24) is 9.97 Å². The molecule has 1 atom stereocenters. The van der Waals surface area contributed by atoms with Crippen molar-refractivity contribution < 1.29 is 4.79 Å². The van der Waals surface area contributed by atoms with Crippen molar-refractivity contribution in [1.29, 1.82) is 0 Å². The van der Waals surface area contributed by atoms with Crippen LogP contribution in [0, 0.1) is 5.41 Å². The number of anilines is 2. The highest BCUT2D eigenvalue weighted by Gasteiger charge is 2.42. The van der Waals surface area contributed by atoms with Crippen LogP contribution in [-0.4, -0.2) is 15.8 Å². The summed E-state index contributed by atoms with van der Waals surface area (Å²) >= 11 is 3.21. The van der Waals surface area contributed by atoms with Gasteiger partial charge >= 0.3 is 0 Å². The summed E-state index contributed by atoms with van der Waals surface area (Å²) in [5, 5.41) is 6.15. The van der Waals surface area contributed by atoms with Crippen LogP contribution in [0.25, 0.3) is 0 Å². The number of allylic oxidation sites excluding steroid dienone is 2. The van der Waals surface area contributed by atoms with E-state index in [2.05, 4.69) is 42.3 Å². The van der Waals surface area contributed by atoms with Crippen molar-refractivity contribution in [2.75, 3.05) is 11.1 Å². The van der Waals surface area contributed by atoms with E-state index in [-0.39, 0.29) is 17.1 Å². The molecule has 2 aromatic heterocycles. The molecule has 5 nitrogen and oxygen atoms in total. The molecule has 31 heavy (non-hydrogen) atoms. The quantitative estimate of drug-likeness (QED) is 0.399. The lowest BCUT2D eigenvalue weighted by molar-refractivity contribution is -0.118. The molecule has 1 aliphatic heterocycles. The Morgan fingerprint density at radius 1 is 1.16 bits per heavy atom. The fourth-order valence-corrected chi connectivity index (χ4v) is 6.09. The van der Waals surface area contributed by atoms with E-state index in [1.54, 1.807) is 23.1 Å². The lowest BCUT2D eigenvalue weighted by Gasteiger charge is -2.38. The molecule has 7 heteroatoms. The number of Topliss-reactive ketones (excluding diaryl/α,β-unsaturated/α-hetero) is 1. The summed E-state index contributed by atoms with van der Waals surface area (Å²) in [5.41, 5.74) is 10.2. The minimum absolute atomic E-state index is 0.0795. The predicted molar refractivity (Wildman–Crippen MR) is 127 cm³/mol. The van der Waals surface area contributed by atoms with E-state index in [9.17, 15) is 4.79 Å². The first kappa shape index (κ1) is 20.3. The van der Waals surface area contributed by atoms with Gasteiger partial charge in [0.1, 0.15) is 11.6 Å². The number of thioether (sulfide) groups is 1. The van der Waals surface area contributed by atoms with Gasteiger partial charge in [-0.1, -0.05) is 62.0 Å². The average molecular weight is 449 g/mol. The van der Waals surface area contributed by atoms with E-state index in [1.807, 2.05) is 29.6 Å². The topological polar surface area (TPSA) is 80.9 Å². The fraction of sp³-hybridized carbons (Fsp3) is 0.292. The number of hydrogen-bond donors (Lipinski definition) is 2. The average Bonchev–Trinajstić information content (AvgIpc) is 3.25. The summed E-state index contributed by atoms with van der Waals surface area (Å²) < 4.78 is 0. The van der Waals surface area contributed by atoms with E-state index in [1.165, 1.54) is 5.56 Å². The smallest absolute Gasteiger partial charge is 0.191 e. The molecule has 0 radical (unpaired) electrons. The van der Waals surface area contributed by atoms with Gasteiger partial charge in [-0.3, -0.25) is 4.79 Å². The third-order valence-electron chi connectivity index (χ3n) is 5.76. The Hall–Kier alpha value is -2.64. The summed E-state index contributed by atoms with van der Waals surface area (Å²) in [6.07, 6.45) is 1.35. The van der Waals surface area contributed by atoms with Gasteiger partial charge in [0, 0.05) is 33.9 Å². The molecular weight excluding hydrogens is 424 g/mol. The van der Waals surface area contributed by atoms with E-state index in [0.29, 0.717) is 17.4 Å². The van der Waals surface area contributed by atoms with Gasteiger partial charge in [-0.25, -0.2) is 9.97 Å². The number of nitrogens with one attached hydrogen (secondary N) is 1. The lowest BCUT2D eigenvalue weighted by Crippen LogP contribution is -2.34. The molecule has 3 aromatic rings. The molecule has 0 bridgehead atoms. The third-order valence-corrected chi connectivity index (χ3v) is 7.62. The number of benzene rings is 1. The second kappa shape index (κ2) is 7.80. The molecule has 0 amide bonds. The van der Waals surface area contributed by atoms with E-state index < -0.39 is 0 Å². The number of nitrogens with zero attached hydrogens (tertiary/aromatic N) is 2. The Morgan fingerprint density at radius 3 is 2.71 bits per heavy atom. The van der Waals surface area contributed by atoms with Crippen LogP contribution in [0.5, 0.6) is 0 Å². The largest absolute Gasteiger partial charge is 0.383 e. The zero-order valence-corrected chi connectivity index (χ0v) is 19.1. The highest BCUT2D eigenvalue weighted by molar-refractivity contribution is 7.98. The van der Waals surface area contributed by atoms with Crippen LogP contribution in [0.2, 0.25) is 0 Å². The van der Waals surface area contributed by atoms with Crippen molar-refractivity contribution >= 4 is 40.5 Å². The van der Waals surface area contributed by atoms with Crippen molar-refractivity contribution in [2.45, 2.75) is 43.5 Å². The number of aromatic nitrogens is 2. The van der Waals surface area contributed by atoms with Crippen LogP contribution in [0.1, 0.15) is 48.6 Å². The maximum Gasteiger partial charge on any atom is 0.191 e. The Morgan fingerprint density at radius 2 is 1.97 bits per heavy atom. The highest BCUT2D eigenvalue weighted by atomic mass is 32.2. The predicted octanol–water partition coefficient (Wildman–Crippen LogP) is 5.61. The van der Waals surface area contributed by atoms with Gasteiger partial charge in [-0.15, -0.1) is 11.3 Å². The molecule has 0 spiro atoms. The zero-order valence-electron chi connectivity index (χ0n) is 17.5. The van der Waals surface area contributed by atoms with Crippen molar-refractivity contribution in [3.05, 3.63) is 75.1 Å². The molecule has 3 N–H and O–H groups in total. The van der Waals surface area contributed by atoms with Crippen LogP contribution in [-0.2, 0) is 10.5 Å². The Kier molecular flexibility index (Phi) is 5.10. The molecule has 1 aliphatic carbocycles. The van der Waals surface area contributed by atoms with Gasteiger partial charge in [-0.2, -0.15) is 0 Å². The third kappa shape index (κ3) is 3.88. The number of ketones is 1. The highest BCUT2D eigenvalue weighted by Crippen LogP contribution is 2.50. The minimum atomic E-state index is -0.206. The van der Waals surface area contributed by atoms with Crippen LogP contribution in [0.3, 0.4) is 0 Å². The first-order valence-corrected chi connectivity index (χ1v) is 12.2. The number of hydrogen-bond acceptors (Lipinski definition) is 7. The number of thiophene rings is 1. The zero-order chi connectivity index (χ0) is 21.6. The fourth-order valence-electron chi connectivity index (χ4n) is 4.44. The normalized spacial score (nSPS) is 19.5. The van der Waals surface area contributed by atoms with Crippen molar-refractivity contribution in [3.63, 3.8) is 0 Å². The van der Waals surface area contributed by atoms with Gasteiger partial charge < -0.3 is 11.1 Å². The molecule has 1 aromatic carbocycles. The summed E-state index contributed by atoms with van der Waals surface area (Å²) in [6, 6.07) is 14.3. The number of rotatable bonds is 4. The molecule has 2 aliphatic rings. The molecule has 5 rings (SSSR count). The maximum absolute atomic E-state index is 13.2. The minimum Gasteiger partial charge on any atom is -0.383 e. The number of carbonyl (C=O) groups is 1. The summed E-state index contributed by atoms with van der Waals surface area (Å²) in [6.45, 7) is 4.28. The lowest BCUT2D eigenvalue weighted by atomic mass is 9.70. The SMILES string of the molecule is CC1(C)CC(=O)C2=C(C1)Nc1nc(SCc3ccccc3)nc(N)c1[C@H]2c1cccs1. The van der Waals surface area contributed by atoms with E-state index >= 15 is 0 Å². The van der Waals surface area contributed by atoms with Gasteiger partial charge in [-0.05, 0) is 28.8 Å². The Bertz CT molecular complexity index is 1170. The van der Waals surface area contributed by atoms with Crippen LogP contribution < -0.4 is 11.1 Å². The van der Waals surface area contributed by atoms with Crippen LogP contribution in [0.4, 0.5) is 11.6 Å². The second-order valence-electron chi connectivity index (χ2n) is 8.83. The number of carbonyl (C=O) groups excluding carboxylic acids is 1. The van der Waals surface area contributed by atoms with Gasteiger partial charge in [0.15, 0.2) is 10.9 Å². The monoisotopic (exact) mass is 448 g/mol. The van der Waals surface area contributed by atoms with Crippen LogP contribution >= 0.6 is 23.1 Å².